The molecule has 2 fully saturated rings. The van der Waals surface area contributed by atoms with E-state index in [4.69, 9.17) is 15.7 Å². The lowest BCUT2D eigenvalue weighted by Crippen LogP contribution is -2.49. The zero-order valence-electron chi connectivity index (χ0n) is 23.8. The molecule has 0 amide bonds. The van der Waals surface area contributed by atoms with E-state index in [2.05, 4.69) is 86.2 Å². The first kappa shape index (κ1) is 25.9. The van der Waals surface area contributed by atoms with Crippen LogP contribution in [0.5, 0.6) is 0 Å². The van der Waals surface area contributed by atoms with Crippen LogP contribution in [-0.2, 0) is 0 Å². The van der Waals surface area contributed by atoms with Crippen LogP contribution in [0.3, 0.4) is 0 Å². The third-order valence-corrected chi connectivity index (χ3v) is 8.94. The molecule has 5 aromatic rings. The van der Waals surface area contributed by atoms with Gasteiger partial charge >= 0.3 is 0 Å². The largest absolute Gasteiger partial charge is 0.383 e. The lowest BCUT2D eigenvalue weighted by Gasteiger charge is -2.41. The summed E-state index contributed by atoms with van der Waals surface area (Å²) in [6, 6.07) is 15.7. The maximum Gasteiger partial charge on any atom is 0.227 e. The number of likely N-dealkylation sites (N-methyl/N-ethyl adjacent to an activating group) is 1. The van der Waals surface area contributed by atoms with Gasteiger partial charge in [0.1, 0.15) is 17.8 Å². The number of aromatic nitrogens is 5. The first-order valence-corrected chi connectivity index (χ1v) is 14.7. The number of nitrogens with two attached hydrogens (primary N) is 1. The van der Waals surface area contributed by atoms with Crippen molar-refractivity contribution >= 4 is 39.4 Å². The first-order chi connectivity index (χ1) is 20.0. The topological polar surface area (TPSA) is 101 Å². The van der Waals surface area contributed by atoms with Gasteiger partial charge in [-0.25, -0.2) is 19.9 Å². The molecule has 9 heteroatoms. The molecule has 7 rings (SSSR count). The third-order valence-electron chi connectivity index (χ3n) is 8.94. The molecule has 0 unspecified atom stereocenters. The number of nitrogens with one attached hydrogen (secondary N) is 1. The van der Waals surface area contributed by atoms with E-state index in [1.54, 1.807) is 6.33 Å². The van der Waals surface area contributed by atoms with Gasteiger partial charge in [-0.2, -0.15) is 0 Å². The lowest BCUT2D eigenvalue weighted by molar-refractivity contribution is 0.0828. The van der Waals surface area contributed by atoms with Crippen LogP contribution >= 0.6 is 0 Å². The van der Waals surface area contributed by atoms with Crippen molar-refractivity contribution in [3.63, 3.8) is 0 Å². The summed E-state index contributed by atoms with van der Waals surface area (Å²) in [6.45, 7) is 6.78. The lowest BCUT2D eigenvalue weighted by atomic mass is 9.89. The Morgan fingerprint density at radius 2 is 1.63 bits per heavy atom. The van der Waals surface area contributed by atoms with Gasteiger partial charge in [-0.05, 0) is 69.0 Å². The average Bonchev–Trinajstić information content (AvgIpc) is 3.39. The van der Waals surface area contributed by atoms with Gasteiger partial charge in [-0.1, -0.05) is 24.3 Å². The van der Waals surface area contributed by atoms with Gasteiger partial charge in [-0.3, -0.25) is 4.90 Å². The van der Waals surface area contributed by atoms with E-state index >= 15 is 0 Å². The highest BCUT2D eigenvalue weighted by Gasteiger charge is 2.30. The van der Waals surface area contributed by atoms with Crippen molar-refractivity contribution in [3.05, 3.63) is 66.7 Å². The molecule has 0 radical (unpaired) electrons. The van der Waals surface area contributed by atoms with Crippen molar-refractivity contribution in [3.8, 4) is 11.1 Å². The monoisotopic (exact) mass is 547 g/mol. The van der Waals surface area contributed by atoms with Crippen molar-refractivity contribution < 1.29 is 0 Å². The second-order valence-corrected chi connectivity index (χ2v) is 11.7. The van der Waals surface area contributed by atoms with Gasteiger partial charge in [0.2, 0.25) is 5.95 Å². The molecular weight excluding hydrogens is 510 g/mol. The Kier molecular flexibility index (Phi) is 6.76. The smallest absolute Gasteiger partial charge is 0.227 e. The number of fused-ring (bicyclic) bond motifs is 2. The second kappa shape index (κ2) is 10.7. The standard InChI is InChI=1S/C32H37N9/c1-21-3-4-23-18-34-32(38-28(23)17-21)37-24-7-5-22(6-8-24)27-19-41(31-29(27)30(33)35-20-36-31)26-11-9-25(10-12-26)40-15-13-39(2)14-16-40/h3-8,17-20,25-26H,9-16H2,1-2H3,(H2,33,35,36)(H,34,37,38)/t25-,26+. The summed E-state index contributed by atoms with van der Waals surface area (Å²) in [7, 11) is 2.22. The van der Waals surface area contributed by atoms with E-state index in [0.717, 1.165) is 51.6 Å². The second-order valence-electron chi connectivity index (χ2n) is 11.7. The summed E-state index contributed by atoms with van der Waals surface area (Å²) < 4.78 is 2.36. The van der Waals surface area contributed by atoms with E-state index in [-0.39, 0.29) is 0 Å². The predicted octanol–water partition coefficient (Wildman–Crippen LogP) is 5.41. The Labute approximate surface area is 240 Å². The molecule has 2 aliphatic rings. The highest BCUT2D eigenvalue weighted by Crippen LogP contribution is 2.39. The molecule has 3 N–H and O–H groups in total. The van der Waals surface area contributed by atoms with Crippen molar-refractivity contribution in [2.75, 3.05) is 44.3 Å². The van der Waals surface area contributed by atoms with Crippen LogP contribution in [0.2, 0.25) is 0 Å². The minimum atomic E-state index is 0.416. The van der Waals surface area contributed by atoms with Gasteiger partial charge in [0.25, 0.3) is 0 Å². The normalized spacial score (nSPS) is 20.5. The van der Waals surface area contributed by atoms with Gasteiger partial charge in [-0.15, -0.1) is 0 Å². The highest BCUT2D eigenvalue weighted by atomic mass is 15.3. The number of hydrogen-bond donors (Lipinski definition) is 2. The molecule has 1 saturated heterocycles. The number of nitrogen functional groups attached to an aromatic ring is 1. The van der Waals surface area contributed by atoms with Crippen molar-refractivity contribution in [1.29, 1.82) is 0 Å². The zero-order chi connectivity index (χ0) is 27.9. The molecule has 4 heterocycles. The summed E-state index contributed by atoms with van der Waals surface area (Å²) in [5.74, 6) is 1.11. The van der Waals surface area contributed by atoms with Crippen molar-refractivity contribution in [1.82, 2.24) is 34.3 Å². The molecule has 1 aliphatic heterocycles. The highest BCUT2D eigenvalue weighted by molar-refractivity contribution is 6.00. The third kappa shape index (κ3) is 5.11. The zero-order valence-corrected chi connectivity index (χ0v) is 23.8. The number of hydrogen-bond acceptors (Lipinski definition) is 8. The van der Waals surface area contributed by atoms with Crippen LogP contribution in [0.1, 0.15) is 37.3 Å². The van der Waals surface area contributed by atoms with Gasteiger partial charge in [0.05, 0.1) is 10.9 Å². The Bertz CT molecular complexity index is 1680. The molecule has 2 aromatic carbocycles. The van der Waals surface area contributed by atoms with Crippen LogP contribution in [0.4, 0.5) is 17.5 Å². The Morgan fingerprint density at radius 3 is 2.41 bits per heavy atom. The summed E-state index contributed by atoms with van der Waals surface area (Å²) >= 11 is 0. The maximum absolute atomic E-state index is 6.45. The Hall–Kier alpha value is -4.08. The van der Waals surface area contributed by atoms with Crippen LogP contribution < -0.4 is 11.1 Å². The number of benzene rings is 2. The quantitative estimate of drug-likeness (QED) is 0.301. The minimum absolute atomic E-state index is 0.416. The summed E-state index contributed by atoms with van der Waals surface area (Å²) in [5.41, 5.74) is 12.6. The first-order valence-electron chi connectivity index (χ1n) is 14.7. The summed E-state index contributed by atoms with van der Waals surface area (Å²) in [4.78, 5) is 23.4. The van der Waals surface area contributed by atoms with E-state index in [9.17, 15) is 0 Å². The average molecular weight is 548 g/mol. The molecule has 3 aromatic heterocycles. The number of anilines is 3. The van der Waals surface area contributed by atoms with Crippen LogP contribution in [0, 0.1) is 6.92 Å². The molecule has 0 spiro atoms. The molecule has 0 bridgehead atoms. The van der Waals surface area contributed by atoms with Crippen molar-refractivity contribution in [2.24, 2.45) is 0 Å². The van der Waals surface area contributed by atoms with Gasteiger partial charge in [0, 0.05) is 67.3 Å². The fourth-order valence-corrected chi connectivity index (χ4v) is 6.55. The van der Waals surface area contributed by atoms with Crippen LogP contribution in [0.15, 0.2) is 61.2 Å². The molecule has 0 atom stereocenters. The molecule has 41 heavy (non-hydrogen) atoms. The maximum atomic E-state index is 6.45. The molecule has 1 saturated carbocycles. The van der Waals surface area contributed by atoms with Crippen LogP contribution in [0.25, 0.3) is 33.1 Å². The SMILES string of the molecule is Cc1ccc2cnc(Nc3ccc(-c4cn([C@H]5CC[C@@H](N6CCN(C)CC6)CC5)c5ncnc(N)c45)cc3)nc2c1. The number of aryl methyl sites for hydroxylation is 1. The van der Waals surface area contributed by atoms with Crippen molar-refractivity contribution in [2.45, 2.75) is 44.7 Å². The summed E-state index contributed by atoms with van der Waals surface area (Å²) in [6.07, 6.45) is 10.4. The molecule has 9 nitrogen and oxygen atoms in total. The van der Waals surface area contributed by atoms with E-state index in [1.807, 2.05) is 12.3 Å². The number of piperazine rings is 1. The fourth-order valence-electron chi connectivity index (χ4n) is 6.55. The summed E-state index contributed by atoms with van der Waals surface area (Å²) in [5, 5.41) is 5.31. The Balaban J connectivity index is 1.12. The Morgan fingerprint density at radius 1 is 0.878 bits per heavy atom. The van der Waals surface area contributed by atoms with E-state index in [0.29, 0.717) is 23.8 Å². The number of rotatable bonds is 5. The molecule has 1 aliphatic carbocycles. The molecule has 210 valence electrons. The molecular formula is C32H37N9. The number of nitrogens with zero attached hydrogens (tertiary/aromatic N) is 7. The predicted molar refractivity (Wildman–Crippen MR) is 165 cm³/mol. The fraction of sp³-hybridized carbons (Fsp3) is 0.375. The van der Waals surface area contributed by atoms with Gasteiger partial charge < -0.3 is 20.5 Å². The van der Waals surface area contributed by atoms with Gasteiger partial charge in [0.15, 0.2) is 0 Å². The van der Waals surface area contributed by atoms with Crippen LogP contribution in [-0.4, -0.2) is 73.6 Å². The van der Waals surface area contributed by atoms with E-state index < -0.39 is 0 Å². The minimum Gasteiger partial charge on any atom is -0.383 e. The van der Waals surface area contributed by atoms with E-state index in [1.165, 1.54) is 44.6 Å².